The molecule has 4 heteroatoms. The van der Waals surface area contributed by atoms with E-state index < -0.39 is 6.10 Å². The van der Waals surface area contributed by atoms with Gasteiger partial charge < -0.3 is 9.84 Å². The number of aryl methyl sites for hydroxylation is 1. The van der Waals surface area contributed by atoms with Gasteiger partial charge in [-0.15, -0.1) is 0 Å². The molecule has 0 saturated heterocycles. The molecule has 0 aliphatic rings. The highest BCUT2D eigenvalue weighted by molar-refractivity contribution is 5.25. The minimum absolute atomic E-state index is 0.547. The molecule has 0 saturated carbocycles. The lowest BCUT2D eigenvalue weighted by Crippen LogP contribution is -2.01. The first-order chi connectivity index (χ1) is 8.79. The first-order valence-corrected chi connectivity index (χ1v) is 5.86. The van der Waals surface area contributed by atoms with Crippen molar-refractivity contribution in [2.45, 2.75) is 18.9 Å². The van der Waals surface area contributed by atoms with E-state index in [1.165, 1.54) is 0 Å². The van der Waals surface area contributed by atoms with Gasteiger partial charge in [-0.1, -0.05) is 6.07 Å². The summed E-state index contributed by atoms with van der Waals surface area (Å²) >= 11 is 0. The van der Waals surface area contributed by atoms with Crippen molar-refractivity contribution in [3.8, 4) is 5.75 Å². The lowest BCUT2D eigenvalue weighted by atomic mass is 10.1. The number of ether oxygens (including phenoxy) is 1. The first-order valence-electron chi connectivity index (χ1n) is 5.86. The molecule has 2 aromatic heterocycles. The largest absolute Gasteiger partial charge is 0.495 e. The quantitative estimate of drug-likeness (QED) is 0.875. The fraction of sp³-hybridized carbons (Fsp3) is 0.286. The fourth-order valence-electron chi connectivity index (χ4n) is 1.73. The van der Waals surface area contributed by atoms with E-state index in [1.807, 2.05) is 18.2 Å². The van der Waals surface area contributed by atoms with Crippen LogP contribution in [-0.4, -0.2) is 22.2 Å². The zero-order valence-electron chi connectivity index (χ0n) is 10.3. The fourth-order valence-corrected chi connectivity index (χ4v) is 1.73. The maximum atomic E-state index is 10.1. The van der Waals surface area contributed by atoms with Crippen LogP contribution in [0.15, 0.2) is 42.9 Å². The molecule has 0 amide bonds. The SMILES string of the molecule is COc1cncc(C(O)CCc2ccccn2)c1. The number of rotatable bonds is 5. The standard InChI is InChI=1S/C14H16N2O2/c1-18-13-8-11(9-15-10-13)14(17)6-5-12-4-2-3-7-16-12/h2-4,7-10,14,17H,5-6H2,1H3. The van der Waals surface area contributed by atoms with Crippen LogP contribution in [0.2, 0.25) is 0 Å². The second kappa shape index (κ2) is 6.12. The van der Waals surface area contributed by atoms with Gasteiger partial charge in [-0.3, -0.25) is 9.97 Å². The van der Waals surface area contributed by atoms with Crippen LogP contribution in [0.5, 0.6) is 5.75 Å². The van der Waals surface area contributed by atoms with E-state index in [0.717, 1.165) is 17.7 Å². The van der Waals surface area contributed by atoms with Crippen LogP contribution >= 0.6 is 0 Å². The molecule has 2 aromatic rings. The number of aliphatic hydroxyl groups is 1. The second-order valence-electron chi connectivity index (χ2n) is 4.03. The Hall–Kier alpha value is -1.94. The van der Waals surface area contributed by atoms with Gasteiger partial charge in [-0.05, 0) is 31.0 Å². The average Bonchev–Trinajstić information content (AvgIpc) is 2.46. The van der Waals surface area contributed by atoms with Crippen LogP contribution < -0.4 is 4.74 Å². The highest BCUT2D eigenvalue weighted by atomic mass is 16.5. The average molecular weight is 244 g/mol. The van der Waals surface area contributed by atoms with E-state index in [-0.39, 0.29) is 0 Å². The van der Waals surface area contributed by atoms with Crippen molar-refractivity contribution in [3.05, 3.63) is 54.1 Å². The summed E-state index contributed by atoms with van der Waals surface area (Å²) in [5.74, 6) is 0.657. The van der Waals surface area contributed by atoms with Crippen LogP contribution in [0, 0.1) is 0 Å². The first kappa shape index (κ1) is 12.5. The summed E-state index contributed by atoms with van der Waals surface area (Å²) in [7, 11) is 1.58. The van der Waals surface area contributed by atoms with Crippen molar-refractivity contribution in [2.24, 2.45) is 0 Å². The predicted molar refractivity (Wildman–Crippen MR) is 68.3 cm³/mol. The number of aromatic nitrogens is 2. The second-order valence-corrected chi connectivity index (χ2v) is 4.03. The summed E-state index contributed by atoms with van der Waals surface area (Å²) in [5, 5.41) is 10.1. The van der Waals surface area contributed by atoms with Gasteiger partial charge in [0.05, 0.1) is 19.4 Å². The van der Waals surface area contributed by atoms with Crippen LogP contribution in [0.3, 0.4) is 0 Å². The number of aliphatic hydroxyl groups excluding tert-OH is 1. The molecule has 2 heterocycles. The molecular formula is C14H16N2O2. The van der Waals surface area contributed by atoms with Crippen LogP contribution in [-0.2, 0) is 6.42 Å². The van der Waals surface area contributed by atoms with Crippen molar-refractivity contribution in [1.82, 2.24) is 9.97 Å². The summed E-state index contributed by atoms with van der Waals surface area (Å²) in [5.41, 5.74) is 1.75. The van der Waals surface area contributed by atoms with Gasteiger partial charge in [0.25, 0.3) is 0 Å². The summed E-state index contributed by atoms with van der Waals surface area (Å²) in [6, 6.07) is 7.58. The van der Waals surface area contributed by atoms with Crippen molar-refractivity contribution in [2.75, 3.05) is 7.11 Å². The Morgan fingerprint density at radius 3 is 2.94 bits per heavy atom. The number of pyridine rings is 2. The van der Waals surface area contributed by atoms with Crippen LogP contribution in [0.25, 0.3) is 0 Å². The molecule has 0 fully saturated rings. The normalized spacial score (nSPS) is 12.1. The summed E-state index contributed by atoms with van der Waals surface area (Å²) in [4.78, 5) is 8.26. The van der Waals surface area contributed by atoms with Gasteiger partial charge in [0.15, 0.2) is 0 Å². The Morgan fingerprint density at radius 1 is 1.33 bits per heavy atom. The molecule has 1 atom stereocenters. The topological polar surface area (TPSA) is 55.2 Å². The molecule has 4 nitrogen and oxygen atoms in total. The van der Waals surface area contributed by atoms with E-state index in [1.54, 1.807) is 31.8 Å². The van der Waals surface area contributed by atoms with Gasteiger partial charge in [0, 0.05) is 23.7 Å². The molecule has 0 aliphatic heterocycles. The zero-order chi connectivity index (χ0) is 12.8. The third-order valence-electron chi connectivity index (χ3n) is 2.75. The maximum absolute atomic E-state index is 10.1. The number of nitrogens with zero attached hydrogens (tertiary/aromatic N) is 2. The van der Waals surface area contributed by atoms with Crippen molar-refractivity contribution in [3.63, 3.8) is 0 Å². The Balaban J connectivity index is 1.97. The number of hydrogen-bond donors (Lipinski definition) is 1. The summed E-state index contributed by atoms with van der Waals surface area (Å²) in [6.45, 7) is 0. The van der Waals surface area contributed by atoms with Crippen LogP contribution in [0.4, 0.5) is 0 Å². The van der Waals surface area contributed by atoms with E-state index in [0.29, 0.717) is 12.2 Å². The monoisotopic (exact) mass is 244 g/mol. The van der Waals surface area contributed by atoms with E-state index in [9.17, 15) is 5.11 Å². The summed E-state index contributed by atoms with van der Waals surface area (Å²) < 4.78 is 5.08. The Morgan fingerprint density at radius 2 is 2.22 bits per heavy atom. The number of methoxy groups -OCH3 is 1. The van der Waals surface area contributed by atoms with Gasteiger partial charge in [-0.2, -0.15) is 0 Å². The van der Waals surface area contributed by atoms with E-state index in [2.05, 4.69) is 9.97 Å². The summed E-state index contributed by atoms with van der Waals surface area (Å²) in [6.07, 6.45) is 5.84. The minimum atomic E-state index is -0.547. The molecule has 1 unspecified atom stereocenters. The highest BCUT2D eigenvalue weighted by Crippen LogP contribution is 2.21. The highest BCUT2D eigenvalue weighted by Gasteiger charge is 2.09. The van der Waals surface area contributed by atoms with E-state index >= 15 is 0 Å². The molecular weight excluding hydrogens is 228 g/mol. The van der Waals surface area contributed by atoms with Crippen molar-refractivity contribution in [1.29, 1.82) is 0 Å². The molecule has 0 aromatic carbocycles. The zero-order valence-corrected chi connectivity index (χ0v) is 10.3. The Labute approximate surface area is 106 Å². The third-order valence-corrected chi connectivity index (χ3v) is 2.75. The van der Waals surface area contributed by atoms with Crippen molar-refractivity contribution < 1.29 is 9.84 Å². The molecule has 1 N–H and O–H groups in total. The molecule has 94 valence electrons. The maximum Gasteiger partial charge on any atom is 0.137 e. The Bertz CT molecular complexity index is 488. The molecule has 0 radical (unpaired) electrons. The van der Waals surface area contributed by atoms with Gasteiger partial charge >= 0.3 is 0 Å². The molecule has 2 rings (SSSR count). The Kier molecular flexibility index (Phi) is 4.25. The number of hydrogen-bond acceptors (Lipinski definition) is 4. The molecule has 18 heavy (non-hydrogen) atoms. The van der Waals surface area contributed by atoms with Gasteiger partial charge in [-0.25, -0.2) is 0 Å². The lowest BCUT2D eigenvalue weighted by Gasteiger charge is -2.11. The molecule has 0 bridgehead atoms. The smallest absolute Gasteiger partial charge is 0.137 e. The van der Waals surface area contributed by atoms with Gasteiger partial charge in [0.2, 0.25) is 0 Å². The van der Waals surface area contributed by atoms with Crippen molar-refractivity contribution >= 4 is 0 Å². The molecule has 0 spiro atoms. The minimum Gasteiger partial charge on any atom is -0.495 e. The third kappa shape index (κ3) is 3.28. The van der Waals surface area contributed by atoms with Crippen LogP contribution in [0.1, 0.15) is 23.8 Å². The van der Waals surface area contributed by atoms with Gasteiger partial charge in [0.1, 0.15) is 5.75 Å². The predicted octanol–water partition coefficient (Wildman–Crippen LogP) is 2.15. The van der Waals surface area contributed by atoms with E-state index in [4.69, 9.17) is 4.74 Å². The lowest BCUT2D eigenvalue weighted by molar-refractivity contribution is 0.166. The molecule has 0 aliphatic carbocycles.